The van der Waals surface area contributed by atoms with E-state index in [1.807, 2.05) is 18.2 Å². The van der Waals surface area contributed by atoms with E-state index in [4.69, 9.17) is 19.8 Å². The van der Waals surface area contributed by atoms with Crippen molar-refractivity contribution in [2.75, 3.05) is 6.26 Å². The summed E-state index contributed by atoms with van der Waals surface area (Å²) in [4.78, 5) is 0. The van der Waals surface area contributed by atoms with Gasteiger partial charge < -0.3 is 15.2 Å². The Bertz CT molecular complexity index is 1610. The zero-order chi connectivity index (χ0) is 36.8. The molecule has 3 aliphatic rings. The van der Waals surface area contributed by atoms with Gasteiger partial charge in [-0.05, 0) is 83.2 Å². The first kappa shape index (κ1) is 44.0. The number of hydrogen-bond acceptors (Lipinski definition) is 5. The van der Waals surface area contributed by atoms with Crippen LogP contribution in [0.4, 0.5) is 0 Å². The molecule has 0 unspecified atom stereocenters. The molecule has 0 spiro atoms. The van der Waals surface area contributed by atoms with E-state index in [2.05, 4.69) is 101 Å². The van der Waals surface area contributed by atoms with Crippen LogP contribution in [0, 0.1) is 12.1 Å². The summed E-state index contributed by atoms with van der Waals surface area (Å²) in [5.74, 6) is 1.87. The molecule has 9 heteroatoms. The molecular weight excluding hydrogens is 780 g/mol. The Morgan fingerprint density at radius 3 is 1.81 bits per heavy atom. The van der Waals surface area contributed by atoms with E-state index in [1.165, 1.54) is 80.6 Å². The van der Waals surface area contributed by atoms with Gasteiger partial charge in [-0.15, -0.1) is 46.8 Å². The third kappa shape index (κ3) is 14.1. The van der Waals surface area contributed by atoms with Crippen molar-refractivity contribution in [3.05, 3.63) is 103 Å². The van der Waals surface area contributed by atoms with Crippen LogP contribution in [0.5, 0.6) is 11.5 Å². The zero-order valence-electron chi connectivity index (χ0n) is 31.5. The van der Waals surface area contributed by atoms with Crippen LogP contribution in [-0.2, 0) is 30.5 Å². The average Bonchev–Trinajstić information content (AvgIpc) is 3.10. The molecule has 6 nitrogen and oxygen atoms in total. The van der Waals surface area contributed by atoms with Crippen molar-refractivity contribution in [1.29, 1.82) is 0 Å². The Hall–Kier alpha value is -2.43. The third-order valence-electron chi connectivity index (χ3n) is 9.18. The fourth-order valence-electron chi connectivity index (χ4n) is 7.18. The van der Waals surface area contributed by atoms with E-state index in [0.717, 1.165) is 46.4 Å². The summed E-state index contributed by atoms with van der Waals surface area (Å²) in [7, 11) is -3.94. The average molecular weight is 838 g/mol. The quantitative estimate of drug-likeness (QED) is 0.0964. The number of hydrogen-bond donors (Lipinski definition) is 2. The standard InChI is InChI=1S/C30H42O2P.C12H12N.CH4O3S.Pd/c1-22(2)31-27-19-13-20-28(32-23(3)4)30(27)26-18-11-12-21-29(26)33(24-14-7-5-8-15-24)25-16-9-6-10-17-25;13-12-9-5-4-8-11(12)10-6-2-1-3-7-10;1-5(2,3)4;/h11-13,18-20,22-25H,5-10,14-17H2,1-4H3;1-8H,9,13H2;1H3,(H,2,3,4);/q2*-1;;+2. The van der Waals surface area contributed by atoms with Crippen LogP contribution < -0.4 is 20.5 Å². The Morgan fingerprint density at radius 2 is 1.33 bits per heavy atom. The van der Waals surface area contributed by atoms with Gasteiger partial charge in [-0.25, -0.2) is 0 Å². The van der Waals surface area contributed by atoms with E-state index in [0.29, 0.717) is 6.26 Å². The minimum atomic E-state index is -3.67. The van der Waals surface area contributed by atoms with Gasteiger partial charge in [0, 0.05) is 5.56 Å². The number of nitrogens with two attached hydrogens (primary N) is 1. The largest absolute Gasteiger partial charge is 2.00 e. The van der Waals surface area contributed by atoms with Crippen molar-refractivity contribution in [3.8, 4) is 22.6 Å². The predicted molar refractivity (Wildman–Crippen MR) is 216 cm³/mol. The molecule has 286 valence electrons. The fourth-order valence-corrected chi connectivity index (χ4v) is 11.0. The molecule has 3 aromatic carbocycles. The molecule has 6 rings (SSSR count). The first-order valence-corrected chi connectivity index (χ1v) is 22.0. The summed E-state index contributed by atoms with van der Waals surface area (Å²) in [6.07, 6.45) is 22.0. The molecule has 3 aromatic rings. The van der Waals surface area contributed by atoms with Gasteiger partial charge in [0.25, 0.3) is 10.1 Å². The summed E-state index contributed by atoms with van der Waals surface area (Å²) in [6.45, 7) is 8.42. The molecular formula is C43H58NO5PPdS. The second-order valence-corrected chi connectivity index (χ2v) is 18.4. The summed E-state index contributed by atoms with van der Waals surface area (Å²) in [5.41, 5.74) is 12.4. The van der Waals surface area contributed by atoms with Gasteiger partial charge in [0.05, 0.1) is 18.5 Å². The van der Waals surface area contributed by atoms with Gasteiger partial charge >= 0.3 is 20.4 Å². The summed E-state index contributed by atoms with van der Waals surface area (Å²) >= 11 is 0. The molecule has 0 aromatic heterocycles. The van der Waals surface area contributed by atoms with Gasteiger partial charge in [0.15, 0.2) is 0 Å². The van der Waals surface area contributed by atoms with E-state index in [-0.39, 0.29) is 40.6 Å². The minimum Gasteiger partial charge on any atom is -0.491 e. The van der Waals surface area contributed by atoms with E-state index >= 15 is 0 Å². The first-order chi connectivity index (χ1) is 24.4. The second kappa shape index (κ2) is 22.1. The van der Waals surface area contributed by atoms with Crippen LogP contribution in [0.1, 0.15) is 104 Å². The van der Waals surface area contributed by atoms with Crippen LogP contribution in [0.3, 0.4) is 0 Å². The zero-order valence-corrected chi connectivity index (χ0v) is 34.8. The maximum absolute atomic E-state index is 9.19. The van der Waals surface area contributed by atoms with E-state index < -0.39 is 10.1 Å². The Balaban J connectivity index is 0.000000316. The molecule has 3 aliphatic carbocycles. The van der Waals surface area contributed by atoms with Crippen molar-refractivity contribution in [1.82, 2.24) is 0 Å². The monoisotopic (exact) mass is 837 g/mol. The summed E-state index contributed by atoms with van der Waals surface area (Å²) in [5, 5.41) is 1.47. The SMILES string of the molecule is CC(C)Oc1cccc(OC(C)C)c1-c1ccc[c-]c1P(C1CCCCC1)C1CCCCC1.CS(=O)(=O)O.N[C-]1CC=CC=C1c1ccccc1.[Pd+2]. The van der Waals surface area contributed by atoms with Crippen molar-refractivity contribution in [3.63, 3.8) is 0 Å². The molecule has 0 radical (unpaired) electrons. The second-order valence-electron chi connectivity index (χ2n) is 14.2. The molecule has 2 fully saturated rings. The van der Waals surface area contributed by atoms with Gasteiger partial charge in [-0.2, -0.15) is 44.3 Å². The van der Waals surface area contributed by atoms with Crippen LogP contribution in [0.25, 0.3) is 16.7 Å². The van der Waals surface area contributed by atoms with Crippen LogP contribution >= 0.6 is 7.92 Å². The smallest absolute Gasteiger partial charge is 0.491 e. The van der Waals surface area contributed by atoms with Crippen molar-refractivity contribution in [2.45, 2.75) is 122 Å². The third-order valence-corrected chi connectivity index (χ3v) is 12.7. The Morgan fingerprint density at radius 1 is 0.808 bits per heavy atom. The molecule has 0 aliphatic heterocycles. The molecule has 2 saturated carbocycles. The number of allylic oxidation sites excluding steroid dienone is 2. The van der Waals surface area contributed by atoms with E-state index in [1.54, 1.807) is 0 Å². The molecule has 0 atom stereocenters. The van der Waals surface area contributed by atoms with Gasteiger partial charge in [-0.3, -0.25) is 4.55 Å². The Kier molecular flexibility index (Phi) is 18.7. The van der Waals surface area contributed by atoms with Crippen molar-refractivity contribution in [2.24, 2.45) is 5.73 Å². The maximum atomic E-state index is 9.19. The molecule has 0 bridgehead atoms. The first-order valence-electron chi connectivity index (χ1n) is 18.6. The normalized spacial score (nSPS) is 16.7. The van der Waals surface area contributed by atoms with Crippen molar-refractivity contribution < 1.29 is 42.9 Å². The minimum absolute atomic E-state index is 0. The number of benzene rings is 3. The van der Waals surface area contributed by atoms with Gasteiger partial charge in [-0.1, -0.05) is 70.7 Å². The molecule has 0 saturated heterocycles. The molecule has 52 heavy (non-hydrogen) atoms. The summed E-state index contributed by atoms with van der Waals surface area (Å²) in [6, 6.07) is 27.9. The van der Waals surface area contributed by atoms with Gasteiger partial charge in [0.1, 0.15) is 11.5 Å². The molecule has 0 heterocycles. The van der Waals surface area contributed by atoms with E-state index in [9.17, 15) is 8.42 Å². The van der Waals surface area contributed by atoms with Crippen LogP contribution in [0.2, 0.25) is 0 Å². The summed E-state index contributed by atoms with van der Waals surface area (Å²) < 4.78 is 38.6. The number of ether oxygens (including phenoxy) is 2. The predicted octanol–water partition coefficient (Wildman–Crippen LogP) is 10.5. The van der Waals surface area contributed by atoms with Crippen LogP contribution in [0.15, 0.2) is 85.0 Å². The fraction of sp³-hybridized carbons (Fsp3) is 0.465. The Labute approximate surface area is 329 Å². The van der Waals surface area contributed by atoms with Gasteiger partial charge in [0.2, 0.25) is 0 Å². The molecule has 3 N–H and O–H groups in total. The number of rotatable bonds is 9. The molecule has 0 amide bonds. The maximum Gasteiger partial charge on any atom is 2.00 e. The van der Waals surface area contributed by atoms with Crippen molar-refractivity contribution >= 4 is 28.9 Å². The van der Waals surface area contributed by atoms with Crippen LogP contribution in [-0.4, -0.2) is 42.8 Å². The topological polar surface area (TPSA) is 98.8 Å².